The van der Waals surface area contributed by atoms with Crippen molar-refractivity contribution in [3.05, 3.63) is 185 Å². The smallest absolute Gasteiger partial charge is 0.258 e. The van der Waals surface area contributed by atoms with Crippen LogP contribution >= 0.6 is 0 Å². The summed E-state index contributed by atoms with van der Waals surface area (Å²) in [4.78, 5) is 11.3. The first-order valence-electron chi connectivity index (χ1n) is 18.3. The number of non-ortho nitro benzene ring substituents is 1. The molecule has 0 unspecified atom stereocenters. The Bertz CT molecular complexity index is 2240. The zero-order valence-corrected chi connectivity index (χ0v) is 31.4. The normalized spacial score (nSPS) is 11.7. The average Bonchev–Trinajstić information content (AvgIpc) is 3.17. The number of nitrogens with zero attached hydrogens (tertiary/aromatic N) is 1. The molecule has 7 aromatic carbocycles. The Hall–Kier alpha value is -6.06. The molecule has 0 radical (unpaired) electrons. The fourth-order valence-corrected chi connectivity index (χ4v) is 6.97. The molecule has 7 rings (SSSR count). The molecule has 3 nitrogen and oxygen atoms in total. The van der Waals surface area contributed by atoms with E-state index in [0.29, 0.717) is 0 Å². The molecule has 0 saturated heterocycles. The van der Waals surface area contributed by atoms with Gasteiger partial charge in [-0.05, 0) is 113 Å². The fourth-order valence-electron chi connectivity index (χ4n) is 6.97. The van der Waals surface area contributed by atoms with Gasteiger partial charge in [-0.2, -0.15) is 0 Å². The Kier molecular flexibility index (Phi) is 9.45. The summed E-state index contributed by atoms with van der Waals surface area (Å²) in [6, 6.07) is 57.2. The lowest BCUT2D eigenvalue weighted by atomic mass is 9.83. The van der Waals surface area contributed by atoms with E-state index in [1.54, 1.807) is 12.1 Å². The molecule has 262 valence electrons. The van der Waals surface area contributed by atoms with Crippen LogP contribution in [0.3, 0.4) is 0 Å². The highest BCUT2D eigenvalue weighted by Gasteiger charge is 2.19. The lowest BCUT2D eigenvalue weighted by molar-refractivity contribution is -0.384. The van der Waals surface area contributed by atoms with Crippen molar-refractivity contribution in [1.29, 1.82) is 0 Å². The highest BCUT2D eigenvalue weighted by atomic mass is 16.6. The molecule has 0 aliphatic carbocycles. The van der Waals surface area contributed by atoms with Crippen LogP contribution in [0.15, 0.2) is 164 Å². The number of nitro groups is 1. The van der Waals surface area contributed by atoms with Gasteiger partial charge in [0.15, 0.2) is 0 Å². The van der Waals surface area contributed by atoms with Gasteiger partial charge in [-0.15, -0.1) is 0 Å². The zero-order valence-electron chi connectivity index (χ0n) is 31.4. The summed E-state index contributed by atoms with van der Waals surface area (Å²) in [7, 11) is 0. The van der Waals surface area contributed by atoms with E-state index >= 15 is 0 Å². The monoisotopic (exact) mass is 691 g/mol. The Morgan fingerprint density at radius 3 is 1.06 bits per heavy atom. The summed E-state index contributed by atoms with van der Waals surface area (Å²) in [6.45, 7) is 13.4. The van der Waals surface area contributed by atoms with E-state index in [0.717, 1.165) is 55.6 Å². The minimum Gasteiger partial charge on any atom is -0.258 e. The lowest BCUT2D eigenvalue weighted by Crippen LogP contribution is -2.10. The maximum atomic E-state index is 11.7. The molecule has 0 aromatic heterocycles. The second-order valence-electron chi connectivity index (χ2n) is 15.9. The van der Waals surface area contributed by atoms with Gasteiger partial charge < -0.3 is 0 Å². The number of benzene rings is 7. The molecule has 53 heavy (non-hydrogen) atoms. The predicted molar refractivity (Wildman–Crippen MR) is 223 cm³/mol. The van der Waals surface area contributed by atoms with Gasteiger partial charge in [-0.3, -0.25) is 10.1 Å². The van der Waals surface area contributed by atoms with Crippen molar-refractivity contribution >= 4 is 5.69 Å². The summed E-state index contributed by atoms with van der Waals surface area (Å²) in [5, 5.41) is 11.7. The summed E-state index contributed by atoms with van der Waals surface area (Å²) in [6.07, 6.45) is 0. The van der Waals surface area contributed by atoms with E-state index in [1.807, 2.05) is 18.2 Å². The van der Waals surface area contributed by atoms with Crippen LogP contribution in [0.25, 0.3) is 66.8 Å². The Labute approximate surface area is 313 Å². The Balaban J connectivity index is 1.38. The van der Waals surface area contributed by atoms with E-state index in [4.69, 9.17) is 0 Å². The molecule has 0 fully saturated rings. The molecule has 0 spiro atoms. The summed E-state index contributed by atoms with van der Waals surface area (Å²) < 4.78 is 0. The van der Waals surface area contributed by atoms with Crippen LogP contribution in [-0.4, -0.2) is 4.92 Å². The third-order valence-corrected chi connectivity index (χ3v) is 10.2. The first kappa shape index (κ1) is 35.3. The van der Waals surface area contributed by atoms with E-state index in [-0.39, 0.29) is 21.4 Å². The van der Waals surface area contributed by atoms with Crippen LogP contribution in [-0.2, 0) is 10.8 Å². The van der Waals surface area contributed by atoms with Crippen molar-refractivity contribution in [3.8, 4) is 66.8 Å². The maximum Gasteiger partial charge on any atom is 0.269 e. The van der Waals surface area contributed by atoms with Gasteiger partial charge in [-0.1, -0.05) is 169 Å². The molecule has 0 atom stereocenters. The maximum absolute atomic E-state index is 11.7. The van der Waals surface area contributed by atoms with Crippen LogP contribution in [0.4, 0.5) is 5.69 Å². The third-order valence-electron chi connectivity index (χ3n) is 10.2. The van der Waals surface area contributed by atoms with Gasteiger partial charge in [0.1, 0.15) is 0 Å². The lowest BCUT2D eigenvalue weighted by Gasteiger charge is -2.20. The zero-order chi connectivity index (χ0) is 37.3. The number of rotatable bonds is 7. The molecule has 3 heteroatoms. The van der Waals surface area contributed by atoms with Gasteiger partial charge in [0, 0.05) is 12.1 Å². The first-order valence-corrected chi connectivity index (χ1v) is 18.3. The van der Waals surface area contributed by atoms with Crippen molar-refractivity contribution in [2.75, 3.05) is 0 Å². The molecule has 0 aliphatic rings. The Morgan fingerprint density at radius 2 is 0.698 bits per heavy atom. The van der Waals surface area contributed by atoms with Gasteiger partial charge >= 0.3 is 0 Å². The van der Waals surface area contributed by atoms with E-state index in [1.165, 1.54) is 22.3 Å². The van der Waals surface area contributed by atoms with Crippen molar-refractivity contribution in [2.45, 2.75) is 52.4 Å². The molecule has 0 amide bonds. The van der Waals surface area contributed by atoms with Crippen LogP contribution in [0.1, 0.15) is 52.7 Å². The molecule has 0 aliphatic heterocycles. The topological polar surface area (TPSA) is 43.1 Å². The van der Waals surface area contributed by atoms with Crippen molar-refractivity contribution < 1.29 is 4.92 Å². The van der Waals surface area contributed by atoms with E-state index in [2.05, 4.69) is 175 Å². The van der Waals surface area contributed by atoms with Gasteiger partial charge in [0.2, 0.25) is 0 Å². The summed E-state index contributed by atoms with van der Waals surface area (Å²) in [5.41, 5.74) is 16.0. The number of hydrogen-bond acceptors (Lipinski definition) is 2. The predicted octanol–water partition coefficient (Wildman–Crippen LogP) is 14.2. The quantitative estimate of drug-likeness (QED) is 0.123. The second-order valence-corrected chi connectivity index (χ2v) is 15.9. The molecule has 7 aromatic rings. The van der Waals surface area contributed by atoms with Crippen LogP contribution in [0.5, 0.6) is 0 Å². The summed E-state index contributed by atoms with van der Waals surface area (Å²) in [5.74, 6) is 0. The second kappa shape index (κ2) is 14.2. The largest absolute Gasteiger partial charge is 0.269 e. The van der Waals surface area contributed by atoms with Crippen LogP contribution in [0.2, 0.25) is 0 Å². The van der Waals surface area contributed by atoms with E-state index < -0.39 is 0 Å². The van der Waals surface area contributed by atoms with Crippen molar-refractivity contribution in [1.82, 2.24) is 0 Å². The number of hydrogen-bond donors (Lipinski definition) is 0. The Morgan fingerprint density at radius 1 is 0.377 bits per heavy atom. The highest BCUT2D eigenvalue weighted by molar-refractivity contribution is 5.98. The van der Waals surface area contributed by atoms with Gasteiger partial charge in [-0.25, -0.2) is 0 Å². The standard InChI is InChI=1S/C50H45NO2/c1-49(2,3)43-26-20-37(21-27-43)35-12-16-39(17-13-35)46-32-42(34-10-8-7-9-11-34)33-47(48(46)41-24-30-45(31-25-41)51(52)53)40-18-14-36(15-19-40)38-22-28-44(29-23-38)50(4,5)6/h7-33H,1-6H3. The van der Waals surface area contributed by atoms with Gasteiger partial charge in [0.05, 0.1) is 4.92 Å². The fraction of sp³-hybridized carbons (Fsp3) is 0.160. The third kappa shape index (κ3) is 7.61. The van der Waals surface area contributed by atoms with Gasteiger partial charge in [0.25, 0.3) is 5.69 Å². The molecular formula is C50H45NO2. The average molecular weight is 692 g/mol. The minimum atomic E-state index is -0.344. The van der Waals surface area contributed by atoms with Crippen LogP contribution in [0, 0.1) is 10.1 Å². The highest BCUT2D eigenvalue weighted by Crippen LogP contribution is 2.44. The van der Waals surface area contributed by atoms with Crippen molar-refractivity contribution in [3.63, 3.8) is 0 Å². The number of nitro benzene ring substituents is 1. The van der Waals surface area contributed by atoms with E-state index in [9.17, 15) is 10.1 Å². The molecule has 0 bridgehead atoms. The molecule has 0 N–H and O–H groups in total. The van der Waals surface area contributed by atoms with Crippen LogP contribution < -0.4 is 0 Å². The molecular weight excluding hydrogens is 647 g/mol. The minimum absolute atomic E-state index is 0.0708. The molecule has 0 heterocycles. The molecule has 0 saturated carbocycles. The SMILES string of the molecule is CC(C)(C)c1ccc(-c2ccc(-c3cc(-c4ccccc4)cc(-c4ccc(-c5ccc(C(C)(C)C)cc5)cc4)c3-c3ccc([N+](=O)[O-])cc3)cc2)cc1. The first-order chi connectivity index (χ1) is 25.3. The van der Waals surface area contributed by atoms with Crippen molar-refractivity contribution in [2.24, 2.45) is 0 Å². The summed E-state index contributed by atoms with van der Waals surface area (Å²) >= 11 is 0.